The van der Waals surface area contributed by atoms with Gasteiger partial charge in [-0.15, -0.1) is 0 Å². The number of amidine groups is 1. The van der Waals surface area contributed by atoms with Gasteiger partial charge in [-0.3, -0.25) is 0 Å². The third kappa shape index (κ3) is 3.59. The van der Waals surface area contributed by atoms with E-state index in [1.165, 1.54) is 0 Å². The van der Waals surface area contributed by atoms with Gasteiger partial charge in [0, 0.05) is 19.2 Å². The van der Waals surface area contributed by atoms with Crippen LogP contribution in [0.25, 0.3) is 0 Å². The second-order valence-corrected chi connectivity index (χ2v) is 4.23. The molecule has 0 saturated heterocycles. The van der Waals surface area contributed by atoms with Crippen LogP contribution in [0, 0.1) is 0 Å². The number of hydrogen-bond donors (Lipinski definition) is 3. The number of hydrogen-bond acceptors (Lipinski definition) is 5. The molecular weight excluding hydrogens is 232 g/mol. The molecule has 100 valence electrons. The van der Waals surface area contributed by atoms with Crippen LogP contribution in [-0.4, -0.2) is 40.3 Å². The summed E-state index contributed by atoms with van der Waals surface area (Å²) in [4.78, 5) is 6.41. The van der Waals surface area contributed by atoms with Crippen molar-refractivity contribution in [3.63, 3.8) is 0 Å². The standard InChI is InChI=1S/C12H20N4O2/c1-9(2)16(7-4-8-17)11-6-3-5-10(14-11)12(13)15-18/h3,5-6,9,17-18H,4,7-8H2,1-2H3,(H2,13,15). The second-order valence-electron chi connectivity index (χ2n) is 4.23. The largest absolute Gasteiger partial charge is 0.409 e. The number of rotatable bonds is 6. The maximum absolute atomic E-state index is 8.91. The van der Waals surface area contributed by atoms with Crippen LogP contribution in [0.3, 0.4) is 0 Å². The summed E-state index contributed by atoms with van der Waals surface area (Å²) in [5, 5.41) is 20.5. The molecule has 0 aromatic carbocycles. The van der Waals surface area contributed by atoms with Crippen molar-refractivity contribution in [2.45, 2.75) is 26.3 Å². The molecule has 18 heavy (non-hydrogen) atoms. The zero-order chi connectivity index (χ0) is 13.5. The van der Waals surface area contributed by atoms with Crippen LogP contribution in [0.5, 0.6) is 0 Å². The highest BCUT2D eigenvalue weighted by molar-refractivity contribution is 5.95. The molecule has 0 aliphatic carbocycles. The van der Waals surface area contributed by atoms with Gasteiger partial charge >= 0.3 is 0 Å². The van der Waals surface area contributed by atoms with Crippen molar-refractivity contribution >= 4 is 11.7 Å². The van der Waals surface area contributed by atoms with Crippen LogP contribution in [0.1, 0.15) is 26.0 Å². The van der Waals surface area contributed by atoms with E-state index in [9.17, 15) is 0 Å². The van der Waals surface area contributed by atoms with Gasteiger partial charge < -0.3 is 20.9 Å². The van der Waals surface area contributed by atoms with E-state index in [-0.39, 0.29) is 18.5 Å². The molecule has 1 heterocycles. The van der Waals surface area contributed by atoms with Crippen molar-refractivity contribution in [3.05, 3.63) is 23.9 Å². The molecule has 0 unspecified atom stereocenters. The number of nitrogens with zero attached hydrogens (tertiary/aromatic N) is 3. The van der Waals surface area contributed by atoms with Crippen LogP contribution in [0.2, 0.25) is 0 Å². The fraction of sp³-hybridized carbons (Fsp3) is 0.500. The Morgan fingerprint density at radius 1 is 1.50 bits per heavy atom. The minimum absolute atomic E-state index is 0.0114. The lowest BCUT2D eigenvalue weighted by Crippen LogP contribution is -2.33. The van der Waals surface area contributed by atoms with Crippen LogP contribution < -0.4 is 10.6 Å². The van der Waals surface area contributed by atoms with Crippen molar-refractivity contribution in [2.24, 2.45) is 10.9 Å². The van der Waals surface area contributed by atoms with Crippen molar-refractivity contribution in [3.8, 4) is 0 Å². The lowest BCUT2D eigenvalue weighted by atomic mass is 10.2. The van der Waals surface area contributed by atoms with E-state index in [0.29, 0.717) is 18.7 Å². The number of aromatic nitrogens is 1. The molecule has 0 fully saturated rings. The second kappa shape index (κ2) is 6.80. The molecule has 1 aromatic rings. The van der Waals surface area contributed by atoms with Gasteiger partial charge in [-0.2, -0.15) is 0 Å². The maximum atomic E-state index is 8.91. The molecule has 0 atom stereocenters. The van der Waals surface area contributed by atoms with Gasteiger partial charge in [-0.1, -0.05) is 11.2 Å². The first-order valence-electron chi connectivity index (χ1n) is 5.92. The number of anilines is 1. The van der Waals surface area contributed by atoms with Crippen LogP contribution in [0.15, 0.2) is 23.4 Å². The van der Waals surface area contributed by atoms with Crippen LogP contribution in [-0.2, 0) is 0 Å². The van der Waals surface area contributed by atoms with E-state index in [4.69, 9.17) is 16.0 Å². The molecule has 6 heteroatoms. The predicted molar refractivity (Wildman–Crippen MR) is 70.9 cm³/mol. The molecule has 1 rings (SSSR count). The third-order valence-electron chi connectivity index (χ3n) is 2.58. The average Bonchev–Trinajstić information content (AvgIpc) is 2.38. The van der Waals surface area contributed by atoms with E-state index in [2.05, 4.69) is 28.9 Å². The Morgan fingerprint density at radius 2 is 2.22 bits per heavy atom. The van der Waals surface area contributed by atoms with Crippen molar-refractivity contribution in [2.75, 3.05) is 18.1 Å². The Bertz CT molecular complexity index is 407. The van der Waals surface area contributed by atoms with Gasteiger partial charge in [0.05, 0.1) is 0 Å². The van der Waals surface area contributed by atoms with E-state index < -0.39 is 0 Å². The highest BCUT2D eigenvalue weighted by atomic mass is 16.4. The van der Waals surface area contributed by atoms with Crippen molar-refractivity contribution in [1.29, 1.82) is 0 Å². The van der Waals surface area contributed by atoms with Gasteiger partial charge in [-0.05, 0) is 32.4 Å². The van der Waals surface area contributed by atoms with Gasteiger partial charge in [0.2, 0.25) is 0 Å². The van der Waals surface area contributed by atoms with Gasteiger partial charge in [0.15, 0.2) is 5.84 Å². The quantitative estimate of drug-likeness (QED) is 0.301. The Morgan fingerprint density at radius 3 is 2.78 bits per heavy atom. The predicted octanol–water partition coefficient (Wildman–Crippen LogP) is 0.773. The minimum atomic E-state index is -0.0114. The summed E-state index contributed by atoms with van der Waals surface area (Å²) in [6.07, 6.45) is 0.674. The highest BCUT2D eigenvalue weighted by Gasteiger charge is 2.12. The molecule has 0 aliphatic rings. The molecule has 0 bridgehead atoms. The normalized spacial score (nSPS) is 11.9. The third-order valence-corrected chi connectivity index (χ3v) is 2.58. The average molecular weight is 252 g/mol. The number of aliphatic hydroxyl groups excluding tert-OH is 1. The molecule has 0 spiro atoms. The van der Waals surface area contributed by atoms with Gasteiger partial charge in [0.1, 0.15) is 11.5 Å². The first-order valence-corrected chi connectivity index (χ1v) is 5.92. The smallest absolute Gasteiger partial charge is 0.188 e. The molecule has 0 saturated carbocycles. The zero-order valence-corrected chi connectivity index (χ0v) is 10.7. The lowest BCUT2D eigenvalue weighted by molar-refractivity contribution is 0.288. The SMILES string of the molecule is CC(C)N(CCCO)c1cccc(C(N)=NO)n1. The fourth-order valence-corrected chi connectivity index (χ4v) is 1.66. The number of nitrogens with two attached hydrogens (primary N) is 1. The van der Waals surface area contributed by atoms with E-state index >= 15 is 0 Å². The molecule has 0 radical (unpaired) electrons. The molecule has 0 amide bonds. The van der Waals surface area contributed by atoms with E-state index in [0.717, 1.165) is 5.82 Å². The van der Waals surface area contributed by atoms with Crippen LogP contribution >= 0.6 is 0 Å². The summed E-state index contributed by atoms with van der Waals surface area (Å²) < 4.78 is 0. The maximum Gasteiger partial charge on any atom is 0.188 e. The molecule has 4 N–H and O–H groups in total. The summed E-state index contributed by atoms with van der Waals surface area (Å²) in [5.41, 5.74) is 5.95. The number of aliphatic hydroxyl groups is 1. The fourth-order valence-electron chi connectivity index (χ4n) is 1.66. The van der Waals surface area contributed by atoms with Gasteiger partial charge in [-0.25, -0.2) is 4.98 Å². The lowest BCUT2D eigenvalue weighted by Gasteiger charge is -2.27. The summed E-state index contributed by atoms with van der Waals surface area (Å²) >= 11 is 0. The Kier molecular flexibility index (Phi) is 5.38. The summed E-state index contributed by atoms with van der Waals surface area (Å²) in [6, 6.07) is 5.62. The summed E-state index contributed by atoms with van der Waals surface area (Å²) in [6.45, 7) is 4.95. The Hall–Kier alpha value is -1.82. The summed E-state index contributed by atoms with van der Waals surface area (Å²) in [5.74, 6) is 0.741. The minimum Gasteiger partial charge on any atom is -0.409 e. The van der Waals surface area contributed by atoms with Gasteiger partial charge in [0.25, 0.3) is 0 Å². The Balaban J connectivity index is 2.98. The first kappa shape index (κ1) is 14.2. The number of pyridine rings is 1. The monoisotopic (exact) mass is 252 g/mol. The summed E-state index contributed by atoms with van der Waals surface area (Å²) in [7, 11) is 0. The number of oxime groups is 1. The zero-order valence-electron chi connectivity index (χ0n) is 10.7. The van der Waals surface area contributed by atoms with Crippen molar-refractivity contribution < 1.29 is 10.3 Å². The molecule has 0 aliphatic heterocycles. The topological polar surface area (TPSA) is 95.0 Å². The van der Waals surface area contributed by atoms with E-state index in [1.54, 1.807) is 6.07 Å². The molecule has 6 nitrogen and oxygen atoms in total. The highest BCUT2D eigenvalue weighted by Crippen LogP contribution is 2.15. The molecular formula is C12H20N4O2. The molecule has 1 aromatic heterocycles. The first-order chi connectivity index (χ1) is 8.60. The van der Waals surface area contributed by atoms with Crippen LogP contribution in [0.4, 0.5) is 5.82 Å². The van der Waals surface area contributed by atoms with E-state index in [1.807, 2.05) is 12.1 Å². The van der Waals surface area contributed by atoms with Crippen molar-refractivity contribution in [1.82, 2.24) is 4.98 Å². The Labute approximate surface area is 107 Å².